The quantitative estimate of drug-likeness (QED) is 0.674. The average Bonchev–Trinajstić information content (AvgIpc) is 3.28. The minimum absolute atomic E-state index is 0.174. The second-order valence-electron chi connectivity index (χ2n) is 6.28. The van der Waals surface area contributed by atoms with Crippen LogP contribution < -0.4 is 15.4 Å². The highest BCUT2D eigenvalue weighted by Gasteiger charge is 2.17. The van der Waals surface area contributed by atoms with Gasteiger partial charge in [-0.3, -0.25) is 4.79 Å². The topological polar surface area (TPSA) is 84.0 Å². The maximum Gasteiger partial charge on any atom is 0.272 e. The molecule has 1 aliphatic rings. The molecule has 4 rings (SSSR count). The molecular formula is C19H21N5O2. The number of aryl methyl sites for hydroxylation is 1. The summed E-state index contributed by atoms with van der Waals surface area (Å²) in [7, 11) is 1.59. The fourth-order valence-corrected chi connectivity index (χ4v) is 3.20. The van der Waals surface area contributed by atoms with Crippen molar-refractivity contribution >= 4 is 11.6 Å². The van der Waals surface area contributed by atoms with Crippen LogP contribution in [-0.2, 0) is 13.0 Å². The predicted octanol–water partition coefficient (Wildman–Crippen LogP) is 2.50. The molecule has 3 N–H and O–H groups in total. The summed E-state index contributed by atoms with van der Waals surface area (Å²) in [6, 6.07) is 7.54. The molecule has 1 aliphatic heterocycles. The molecule has 0 fully saturated rings. The van der Waals surface area contributed by atoms with Crippen molar-refractivity contribution in [2.75, 3.05) is 19.0 Å². The van der Waals surface area contributed by atoms with E-state index >= 15 is 0 Å². The number of H-pyrrole nitrogens is 1. The van der Waals surface area contributed by atoms with Crippen LogP contribution in [0.4, 0.5) is 5.69 Å². The van der Waals surface area contributed by atoms with E-state index in [2.05, 4.69) is 20.6 Å². The van der Waals surface area contributed by atoms with Gasteiger partial charge in [0, 0.05) is 30.7 Å². The number of nitrogens with one attached hydrogen (secondary N) is 3. The number of nitrogens with zero attached hydrogens (tertiary/aromatic N) is 2. The first kappa shape index (κ1) is 16.4. The molecule has 0 bridgehead atoms. The average molecular weight is 351 g/mol. The highest BCUT2D eigenvalue weighted by molar-refractivity contribution is 6.04. The van der Waals surface area contributed by atoms with Crippen LogP contribution in [0.1, 0.15) is 28.2 Å². The Balaban J connectivity index is 1.56. The minimum Gasteiger partial charge on any atom is -0.494 e. The molecule has 3 heterocycles. The summed E-state index contributed by atoms with van der Waals surface area (Å²) in [6.45, 7) is 1.80. The summed E-state index contributed by atoms with van der Waals surface area (Å²) >= 11 is 0. The molecule has 0 aliphatic carbocycles. The van der Waals surface area contributed by atoms with E-state index in [1.54, 1.807) is 19.6 Å². The Morgan fingerprint density at radius 3 is 3.08 bits per heavy atom. The third-order valence-corrected chi connectivity index (χ3v) is 4.57. The van der Waals surface area contributed by atoms with Gasteiger partial charge in [-0.05, 0) is 43.1 Å². The lowest BCUT2D eigenvalue weighted by Crippen LogP contribution is -2.14. The first-order valence-corrected chi connectivity index (χ1v) is 8.64. The standard InChI is InChI=1S/C19H21N5O2/c1-26-18-10-14(24-8-7-21-12-24)4-5-16(18)23-19(25)17-9-13-11-20-6-2-3-15(13)22-17/h4-5,7-10,12,20,22H,2-3,6,11H2,1H3,(H,23,25). The molecule has 7 heteroatoms. The summed E-state index contributed by atoms with van der Waals surface area (Å²) < 4.78 is 7.33. The lowest BCUT2D eigenvalue weighted by atomic mass is 10.2. The van der Waals surface area contributed by atoms with Crippen LogP contribution in [0.15, 0.2) is 43.0 Å². The molecule has 0 atom stereocenters. The summed E-state index contributed by atoms with van der Waals surface area (Å²) in [5.74, 6) is 0.422. The maximum absolute atomic E-state index is 12.7. The molecule has 1 amide bonds. The Hall–Kier alpha value is -3.06. The number of imidazole rings is 1. The Kier molecular flexibility index (Phi) is 4.45. The van der Waals surface area contributed by atoms with Crippen molar-refractivity contribution in [1.29, 1.82) is 0 Å². The number of anilines is 1. The minimum atomic E-state index is -0.174. The number of carbonyl (C=O) groups excluding carboxylic acids is 1. The largest absolute Gasteiger partial charge is 0.494 e. The van der Waals surface area contributed by atoms with E-state index in [-0.39, 0.29) is 5.91 Å². The van der Waals surface area contributed by atoms with Gasteiger partial charge in [-0.15, -0.1) is 0 Å². The van der Waals surface area contributed by atoms with Gasteiger partial charge in [-0.25, -0.2) is 4.98 Å². The molecule has 3 aromatic rings. The molecule has 0 spiro atoms. The highest BCUT2D eigenvalue weighted by Crippen LogP contribution is 2.28. The van der Waals surface area contributed by atoms with E-state index in [1.807, 2.05) is 35.0 Å². The number of carbonyl (C=O) groups is 1. The van der Waals surface area contributed by atoms with Gasteiger partial charge in [-0.2, -0.15) is 0 Å². The van der Waals surface area contributed by atoms with Gasteiger partial charge in [0.05, 0.1) is 24.8 Å². The third kappa shape index (κ3) is 3.21. The van der Waals surface area contributed by atoms with Gasteiger partial charge in [0.15, 0.2) is 0 Å². The molecule has 1 aromatic carbocycles. The number of aromatic amines is 1. The predicted molar refractivity (Wildman–Crippen MR) is 98.9 cm³/mol. The van der Waals surface area contributed by atoms with E-state index in [1.165, 1.54) is 0 Å². The van der Waals surface area contributed by atoms with Crippen LogP contribution >= 0.6 is 0 Å². The number of rotatable bonds is 4. The normalized spacial score (nSPS) is 13.7. The van der Waals surface area contributed by atoms with E-state index < -0.39 is 0 Å². The summed E-state index contributed by atoms with van der Waals surface area (Å²) in [6.07, 6.45) is 7.31. The van der Waals surface area contributed by atoms with E-state index in [0.717, 1.165) is 42.9 Å². The molecule has 0 radical (unpaired) electrons. The number of amides is 1. The van der Waals surface area contributed by atoms with Gasteiger partial charge in [0.1, 0.15) is 11.4 Å². The summed E-state index contributed by atoms with van der Waals surface area (Å²) in [5, 5.41) is 6.30. The van der Waals surface area contributed by atoms with Gasteiger partial charge in [0.2, 0.25) is 0 Å². The van der Waals surface area contributed by atoms with Crippen molar-refractivity contribution in [1.82, 2.24) is 19.9 Å². The zero-order valence-corrected chi connectivity index (χ0v) is 14.6. The van der Waals surface area contributed by atoms with Crippen LogP contribution in [0.5, 0.6) is 5.75 Å². The second kappa shape index (κ2) is 7.05. The molecule has 134 valence electrons. The zero-order valence-electron chi connectivity index (χ0n) is 14.6. The maximum atomic E-state index is 12.7. The number of aromatic nitrogens is 3. The molecule has 0 saturated carbocycles. The Bertz CT molecular complexity index is 891. The highest BCUT2D eigenvalue weighted by atomic mass is 16.5. The molecule has 2 aromatic heterocycles. The second-order valence-corrected chi connectivity index (χ2v) is 6.28. The van der Waals surface area contributed by atoms with Crippen LogP contribution in [-0.4, -0.2) is 34.1 Å². The molecular weight excluding hydrogens is 330 g/mol. The van der Waals surface area contributed by atoms with Crippen LogP contribution in [0.2, 0.25) is 0 Å². The van der Waals surface area contributed by atoms with Gasteiger partial charge >= 0.3 is 0 Å². The first-order valence-electron chi connectivity index (χ1n) is 8.64. The number of benzene rings is 1. The number of hydrogen-bond donors (Lipinski definition) is 3. The van der Waals surface area contributed by atoms with E-state index in [9.17, 15) is 4.79 Å². The summed E-state index contributed by atoms with van der Waals surface area (Å²) in [5.41, 5.74) is 4.41. The lowest BCUT2D eigenvalue weighted by Gasteiger charge is -2.12. The van der Waals surface area contributed by atoms with Crippen molar-refractivity contribution in [2.45, 2.75) is 19.4 Å². The Morgan fingerprint density at radius 2 is 2.27 bits per heavy atom. The van der Waals surface area contributed by atoms with E-state index in [4.69, 9.17) is 4.74 Å². The lowest BCUT2D eigenvalue weighted by molar-refractivity contribution is 0.102. The SMILES string of the molecule is COc1cc(-n2ccnc2)ccc1NC(=O)c1cc2c([nH]1)CCCNC2. The molecule has 0 unspecified atom stereocenters. The van der Waals surface area contributed by atoms with Crippen LogP contribution in [0.3, 0.4) is 0 Å². The number of hydrogen-bond acceptors (Lipinski definition) is 4. The third-order valence-electron chi connectivity index (χ3n) is 4.57. The molecule has 7 nitrogen and oxygen atoms in total. The van der Waals surface area contributed by atoms with Crippen LogP contribution in [0, 0.1) is 0 Å². The van der Waals surface area contributed by atoms with E-state index in [0.29, 0.717) is 17.1 Å². The fourth-order valence-electron chi connectivity index (χ4n) is 3.20. The van der Waals surface area contributed by atoms with Crippen LogP contribution in [0.25, 0.3) is 5.69 Å². The Labute approximate surface area is 151 Å². The van der Waals surface area contributed by atoms with Gasteiger partial charge in [-0.1, -0.05) is 0 Å². The zero-order chi connectivity index (χ0) is 17.9. The number of fused-ring (bicyclic) bond motifs is 1. The van der Waals surface area contributed by atoms with Crippen molar-refractivity contribution < 1.29 is 9.53 Å². The van der Waals surface area contributed by atoms with Gasteiger partial charge in [0.25, 0.3) is 5.91 Å². The monoisotopic (exact) mass is 351 g/mol. The molecule has 26 heavy (non-hydrogen) atoms. The first-order chi connectivity index (χ1) is 12.7. The molecule has 0 saturated heterocycles. The number of methoxy groups -OCH3 is 1. The van der Waals surface area contributed by atoms with Gasteiger partial charge < -0.3 is 24.9 Å². The van der Waals surface area contributed by atoms with Crippen molar-refractivity contribution in [3.05, 3.63) is 59.9 Å². The smallest absolute Gasteiger partial charge is 0.272 e. The van der Waals surface area contributed by atoms with Crippen molar-refractivity contribution in [3.8, 4) is 11.4 Å². The summed E-state index contributed by atoms with van der Waals surface area (Å²) in [4.78, 5) is 20.0. The number of ether oxygens (including phenoxy) is 1. The van der Waals surface area contributed by atoms with Crippen molar-refractivity contribution in [2.24, 2.45) is 0 Å². The van der Waals surface area contributed by atoms with Crippen molar-refractivity contribution in [3.63, 3.8) is 0 Å². The fraction of sp³-hybridized carbons (Fsp3) is 0.263. The Morgan fingerprint density at radius 1 is 1.35 bits per heavy atom.